The molecule has 1 aromatic rings. The summed E-state index contributed by atoms with van der Waals surface area (Å²) in [7, 11) is 0. The standard InChI is InChI=1S/C13H19N3O2/c1-11-3-2-4-12(14-11)5-6-15-7-9-16(10-8-15)13(17)18/h2-4H,5-10H2,1H3,(H,17,18). The van der Waals surface area contributed by atoms with Crippen LogP contribution in [0, 0.1) is 6.92 Å². The molecule has 0 aromatic carbocycles. The van der Waals surface area contributed by atoms with Crippen molar-refractivity contribution in [2.45, 2.75) is 13.3 Å². The first-order chi connectivity index (χ1) is 8.65. The van der Waals surface area contributed by atoms with Crippen molar-refractivity contribution < 1.29 is 9.90 Å². The van der Waals surface area contributed by atoms with Crippen LogP contribution >= 0.6 is 0 Å². The molecule has 1 aromatic heterocycles. The molecule has 0 bridgehead atoms. The number of piperazine rings is 1. The molecule has 2 heterocycles. The lowest BCUT2D eigenvalue weighted by molar-refractivity contribution is 0.106. The number of hydrogen-bond donors (Lipinski definition) is 1. The molecule has 1 fully saturated rings. The molecular formula is C13H19N3O2. The van der Waals surface area contributed by atoms with E-state index >= 15 is 0 Å². The molecule has 1 aliphatic heterocycles. The number of amides is 1. The van der Waals surface area contributed by atoms with E-state index in [9.17, 15) is 4.79 Å². The largest absolute Gasteiger partial charge is 0.465 e. The summed E-state index contributed by atoms with van der Waals surface area (Å²) in [5.41, 5.74) is 2.15. The number of carbonyl (C=O) groups is 1. The molecule has 0 spiro atoms. The minimum Gasteiger partial charge on any atom is -0.465 e. The van der Waals surface area contributed by atoms with Crippen molar-refractivity contribution in [2.24, 2.45) is 0 Å². The van der Waals surface area contributed by atoms with Crippen molar-refractivity contribution >= 4 is 6.09 Å². The molecule has 2 rings (SSSR count). The van der Waals surface area contributed by atoms with E-state index in [0.717, 1.165) is 37.4 Å². The van der Waals surface area contributed by atoms with Gasteiger partial charge in [-0.15, -0.1) is 0 Å². The van der Waals surface area contributed by atoms with Crippen molar-refractivity contribution in [3.05, 3.63) is 29.6 Å². The molecule has 1 saturated heterocycles. The number of pyridine rings is 1. The van der Waals surface area contributed by atoms with E-state index in [2.05, 4.69) is 9.88 Å². The molecule has 0 saturated carbocycles. The van der Waals surface area contributed by atoms with Crippen LogP contribution in [0.3, 0.4) is 0 Å². The van der Waals surface area contributed by atoms with Gasteiger partial charge < -0.3 is 10.0 Å². The number of carboxylic acid groups (broad SMARTS) is 1. The van der Waals surface area contributed by atoms with Crippen LogP contribution in [0.15, 0.2) is 18.2 Å². The van der Waals surface area contributed by atoms with Crippen LogP contribution in [0.2, 0.25) is 0 Å². The maximum Gasteiger partial charge on any atom is 0.407 e. The molecule has 0 radical (unpaired) electrons. The lowest BCUT2D eigenvalue weighted by atomic mass is 10.2. The summed E-state index contributed by atoms with van der Waals surface area (Å²) in [5, 5.41) is 8.86. The molecule has 0 aliphatic carbocycles. The van der Waals surface area contributed by atoms with Crippen molar-refractivity contribution in [1.29, 1.82) is 0 Å². The Hall–Kier alpha value is -1.62. The fourth-order valence-electron chi connectivity index (χ4n) is 2.17. The highest BCUT2D eigenvalue weighted by Gasteiger charge is 2.19. The van der Waals surface area contributed by atoms with Gasteiger partial charge >= 0.3 is 6.09 Å². The van der Waals surface area contributed by atoms with E-state index in [1.807, 2.05) is 25.1 Å². The van der Waals surface area contributed by atoms with Gasteiger partial charge in [-0.2, -0.15) is 0 Å². The molecular weight excluding hydrogens is 230 g/mol. The lowest BCUT2D eigenvalue weighted by Crippen LogP contribution is -2.48. The molecule has 98 valence electrons. The highest BCUT2D eigenvalue weighted by molar-refractivity contribution is 5.65. The van der Waals surface area contributed by atoms with Gasteiger partial charge in [0.05, 0.1) is 0 Å². The van der Waals surface area contributed by atoms with E-state index in [1.165, 1.54) is 4.90 Å². The Bertz CT molecular complexity index is 414. The number of aromatic nitrogens is 1. The first-order valence-corrected chi connectivity index (χ1v) is 6.28. The average molecular weight is 249 g/mol. The normalized spacial score (nSPS) is 16.8. The fraction of sp³-hybridized carbons (Fsp3) is 0.538. The lowest BCUT2D eigenvalue weighted by Gasteiger charge is -2.32. The van der Waals surface area contributed by atoms with E-state index in [4.69, 9.17) is 5.11 Å². The van der Waals surface area contributed by atoms with Crippen molar-refractivity contribution in [1.82, 2.24) is 14.8 Å². The molecule has 1 N–H and O–H groups in total. The second kappa shape index (κ2) is 5.82. The third-order valence-corrected chi connectivity index (χ3v) is 3.27. The highest BCUT2D eigenvalue weighted by atomic mass is 16.4. The van der Waals surface area contributed by atoms with Gasteiger partial charge in [-0.05, 0) is 19.1 Å². The van der Waals surface area contributed by atoms with E-state index in [0.29, 0.717) is 13.1 Å². The second-order valence-corrected chi connectivity index (χ2v) is 4.63. The Morgan fingerprint density at radius 2 is 2.06 bits per heavy atom. The van der Waals surface area contributed by atoms with Crippen molar-refractivity contribution in [3.63, 3.8) is 0 Å². The molecule has 0 atom stereocenters. The third-order valence-electron chi connectivity index (χ3n) is 3.27. The number of hydrogen-bond acceptors (Lipinski definition) is 3. The van der Waals surface area contributed by atoms with Crippen molar-refractivity contribution in [2.75, 3.05) is 32.7 Å². The Morgan fingerprint density at radius 3 is 2.67 bits per heavy atom. The predicted molar refractivity (Wildman–Crippen MR) is 68.7 cm³/mol. The van der Waals surface area contributed by atoms with Crippen LogP contribution in [0.25, 0.3) is 0 Å². The molecule has 0 unspecified atom stereocenters. The smallest absolute Gasteiger partial charge is 0.407 e. The maximum atomic E-state index is 10.8. The zero-order valence-corrected chi connectivity index (χ0v) is 10.7. The van der Waals surface area contributed by atoms with E-state index in [-0.39, 0.29) is 0 Å². The summed E-state index contributed by atoms with van der Waals surface area (Å²) < 4.78 is 0. The second-order valence-electron chi connectivity index (χ2n) is 4.63. The van der Waals surface area contributed by atoms with E-state index in [1.54, 1.807) is 0 Å². The molecule has 1 amide bonds. The third kappa shape index (κ3) is 3.43. The first kappa shape index (κ1) is 12.8. The van der Waals surface area contributed by atoms with Crippen LogP contribution in [-0.2, 0) is 6.42 Å². The fourth-order valence-corrected chi connectivity index (χ4v) is 2.17. The monoisotopic (exact) mass is 249 g/mol. The number of rotatable bonds is 3. The number of nitrogens with zero attached hydrogens (tertiary/aromatic N) is 3. The van der Waals surface area contributed by atoms with Crippen LogP contribution in [0.5, 0.6) is 0 Å². The van der Waals surface area contributed by atoms with Crippen LogP contribution in [0.1, 0.15) is 11.4 Å². The quantitative estimate of drug-likeness (QED) is 0.875. The van der Waals surface area contributed by atoms with Gasteiger partial charge in [0.2, 0.25) is 0 Å². The Labute approximate surface area is 107 Å². The maximum absolute atomic E-state index is 10.8. The van der Waals surface area contributed by atoms with Gasteiger partial charge in [0.1, 0.15) is 0 Å². The highest BCUT2D eigenvalue weighted by Crippen LogP contribution is 2.05. The summed E-state index contributed by atoms with van der Waals surface area (Å²) >= 11 is 0. The summed E-state index contributed by atoms with van der Waals surface area (Å²) in [6.07, 6.45) is 0.115. The van der Waals surface area contributed by atoms with Crippen LogP contribution < -0.4 is 0 Å². The summed E-state index contributed by atoms with van der Waals surface area (Å²) in [4.78, 5) is 19.0. The molecule has 5 heteroatoms. The van der Waals surface area contributed by atoms with Gasteiger partial charge in [-0.25, -0.2) is 4.79 Å². The van der Waals surface area contributed by atoms with Gasteiger partial charge in [-0.3, -0.25) is 9.88 Å². The Morgan fingerprint density at radius 1 is 1.33 bits per heavy atom. The zero-order chi connectivity index (χ0) is 13.0. The SMILES string of the molecule is Cc1cccc(CCN2CCN(C(=O)O)CC2)n1. The molecule has 1 aliphatic rings. The minimum atomic E-state index is -0.810. The van der Waals surface area contributed by atoms with Gasteiger partial charge in [-0.1, -0.05) is 6.07 Å². The summed E-state index contributed by atoms with van der Waals surface area (Å²) in [5.74, 6) is 0. The van der Waals surface area contributed by atoms with Crippen LogP contribution in [0.4, 0.5) is 4.79 Å². The average Bonchev–Trinajstić information content (AvgIpc) is 2.37. The van der Waals surface area contributed by atoms with Crippen molar-refractivity contribution in [3.8, 4) is 0 Å². The Kier molecular flexibility index (Phi) is 4.15. The number of aryl methyl sites for hydroxylation is 1. The predicted octanol–water partition coefficient (Wildman–Crippen LogP) is 1.23. The first-order valence-electron chi connectivity index (χ1n) is 6.28. The molecule has 18 heavy (non-hydrogen) atoms. The van der Waals surface area contributed by atoms with Gasteiger partial charge in [0, 0.05) is 50.5 Å². The zero-order valence-electron chi connectivity index (χ0n) is 10.7. The summed E-state index contributed by atoms with van der Waals surface area (Å²) in [6, 6.07) is 6.07. The molecule has 5 nitrogen and oxygen atoms in total. The van der Waals surface area contributed by atoms with Crippen LogP contribution in [-0.4, -0.2) is 58.7 Å². The summed E-state index contributed by atoms with van der Waals surface area (Å²) in [6.45, 7) is 5.79. The van der Waals surface area contributed by atoms with Gasteiger partial charge in [0.15, 0.2) is 0 Å². The minimum absolute atomic E-state index is 0.608. The van der Waals surface area contributed by atoms with E-state index < -0.39 is 6.09 Å². The Balaban J connectivity index is 1.77. The topological polar surface area (TPSA) is 56.7 Å². The van der Waals surface area contributed by atoms with Gasteiger partial charge in [0.25, 0.3) is 0 Å².